The highest BCUT2D eigenvalue weighted by atomic mass is 79.9. The minimum absolute atomic E-state index is 0.000972. The number of hydrogen-bond donors (Lipinski definition) is 1. The third-order valence-corrected chi connectivity index (χ3v) is 4.56. The number of halogens is 1. The lowest BCUT2D eigenvalue weighted by Gasteiger charge is -2.32. The predicted molar refractivity (Wildman–Crippen MR) is 69.9 cm³/mol. The summed E-state index contributed by atoms with van der Waals surface area (Å²) in [7, 11) is 1.69. The normalized spacial score (nSPS) is 18.3. The number of ether oxygens (including phenoxy) is 1. The molecule has 0 aromatic heterocycles. The van der Waals surface area contributed by atoms with Gasteiger partial charge in [0.25, 0.3) is 0 Å². The summed E-state index contributed by atoms with van der Waals surface area (Å²) in [6.07, 6.45) is 2.22. The smallest absolute Gasteiger partial charge is 0.133 e. The molecule has 88 valence electrons. The first-order valence-electron chi connectivity index (χ1n) is 5.54. The average molecular weight is 284 g/mol. The topological polar surface area (TPSA) is 35.2 Å². The number of benzene rings is 1. The van der Waals surface area contributed by atoms with E-state index in [0.29, 0.717) is 0 Å². The molecule has 0 atom stereocenters. The van der Waals surface area contributed by atoms with Crippen molar-refractivity contribution in [2.24, 2.45) is 5.73 Å². The summed E-state index contributed by atoms with van der Waals surface area (Å²) in [6, 6.07) is 6.23. The van der Waals surface area contributed by atoms with E-state index in [1.54, 1.807) is 7.11 Å². The Morgan fingerprint density at radius 1 is 1.38 bits per heavy atom. The molecule has 0 spiro atoms. The zero-order valence-corrected chi connectivity index (χ0v) is 11.6. The molecule has 0 bridgehead atoms. The van der Waals surface area contributed by atoms with Gasteiger partial charge in [0, 0.05) is 11.0 Å². The van der Waals surface area contributed by atoms with Crippen LogP contribution in [-0.2, 0) is 5.41 Å². The standard InChI is InChI=1S/C13H18BrNO/c1-12(2,13(15)6-7-13)9-4-5-10(14)11(8-9)16-3/h4-5,8H,6-7,15H2,1-3H3. The second-order valence-electron chi connectivity index (χ2n) is 5.13. The van der Waals surface area contributed by atoms with E-state index >= 15 is 0 Å². The van der Waals surface area contributed by atoms with E-state index in [-0.39, 0.29) is 11.0 Å². The van der Waals surface area contributed by atoms with Crippen molar-refractivity contribution in [3.63, 3.8) is 0 Å². The van der Waals surface area contributed by atoms with Crippen molar-refractivity contribution in [1.82, 2.24) is 0 Å². The molecular formula is C13H18BrNO. The Bertz CT molecular complexity index is 410. The van der Waals surface area contributed by atoms with Crippen molar-refractivity contribution < 1.29 is 4.74 Å². The number of hydrogen-bond acceptors (Lipinski definition) is 2. The van der Waals surface area contributed by atoms with Crippen LogP contribution >= 0.6 is 15.9 Å². The third-order valence-electron chi connectivity index (χ3n) is 3.91. The van der Waals surface area contributed by atoms with E-state index in [1.807, 2.05) is 6.07 Å². The van der Waals surface area contributed by atoms with Crippen molar-refractivity contribution in [3.05, 3.63) is 28.2 Å². The predicted octanol–water partition coefficient (Wildman–Crippen LogP) is 3.23. The fourth-order valence-corrected chi connectivity index (χ4v) is 2.50. The fourth-order valence-electron chi connectivity index (χ4n) is 2.10. The Balaban J connectivity index is 2.40. The van der Waals surface area contributed by atoms with E-state index in [0.717, 1.165) is 23.1 Å². The van der Waals surface area contributed by atoms with E-state index < -0.39 is 0 Å². The van der Waals surface area contributed by atoms with Gasteiger partial charge in [-0.15, -0.1) is 0 Å². The molecule has 1 aromatic carbocycles. The van der Waals surface area contributed by atoms with Crippen LogP contribution in [0.2, 0.25) is 0 Å². The largest absolute Gasteiger partial charge is 0.496 e. The summed E-state index contributed by atoms with van der Waals surface area (Å²) in [5.74, 6) is 0.870. The molecule has 1 fully saturated rings. The molecule has 0 radical (unpaired) electrons. The minimum atomic E-state index is -0.0359. The summed E-state index contributed by atoms with van der Waals surface area (Å²) in [5, 5.41) is 0. The van der Waals surface area contributed by atoms with Crippen molar-refractivity contribution >= 4 is 15.9 Å². The maximum atomic E-state index is 6.33. The monoisotopic (exact) mass is 283 g/mol. The van der Waals surface area contributed by atoms with Crippen LogP contribution in [-0.4, -0.2) is 12.6 Å². The van der Waals surface area contributed by atoms with Crippen LogP contribution in [0, 0.1) is 0 Å². The second-order valence-corrected chi connectivity index (χ2v) is 5.98. The van der Waals surface area contributed by atoms with E-state index in [2.05, 4.69) is 41.9 Å². The van der Waals surface area contributed by atoms with Gasteiger partial charge in [0.1, 0.15) is 5.75 Å². The van der Waals surface area contributed by atoms with Gasteiger partial charge in [-0.05, 0) is 46.5 Å². The van der Waals surface area contributed by atoms with Crippen molar-refractivity contribution in [2.45, 2.75) is 37.6 Å². The summed E-state index contributed by atoms with van der Waals surface area (Å²) < 4.78 is 6.31. The van der Waals surface area contributed by atoms with Crippen LogP contribution in [0.4, 0.5) is 0 Å². The van der Waals surface area contributed by atoms with E-state index in [9.17, 15) is 0 Å². The molecule has 0 amide bonds. The van der Waals surface area contributed by atoms with Gasteiger partial charge in [0.05, 0.1) is 11.6 Å². The van der Waals surface area contributed by atoms with Crippen LogP contribution in [0.15, 0.2) is 22.7 Å². The summed E-state index contributed by atoms with van der Waals surface area (Å²) in [4.78, 5) is 0. The Kier molecular flexibility index (Phi) is 2.79. The zero-order valence-electron chi connectivity index (χ0n) is 10.0. The first-order chi connectivity index (χ1) is 7.40. The summed E-state index contributed by atoms with van der Waals surface area (Å²) in [5.41, 5.74) is 7.54. The summed E-state index contributed by atoms with van der Waals surface area (Å²) >= 11 is 3.47. The fraction of sp³-hybridized carbons (Fsp3) is 0.538. The molecule has 0 unspecified atom stereocenters. The van der Waals surface area contributed by atoms with Crippen molar-refractivity contribution in [1.29, 1.82) is 0 Å². The molecule has 1 aromatic rings. The highest BCUT2D eigenvalue weighted by Gasteiger charge is 2.51. The Labute approximate surface area is 105 Å². The Hall–Kier alpha value is -0.540. The third kappa shape index (κ3) is 1.76. The number of rotatable bonds is 3. The molecule has 1 aliphatic carbocycles. The Morgan fingerprint density at radius 3 is 2.50 bits per heavy atom. The van der Waals surface area contributed by atoms with Gasteiger partial charge < -0.3 is 10.5 Å². The van der Waals surface area contributed by atoms with Crippen molar-refractivity contribution in [2.75, 3.05) is 7.11 Å². The van der Waals surface area contributed by atoms with Crippen LogP contribution < -0.4 is 10.5 Å². The molecule has 2 rings (SSSR count). The Morgan fingerprint density at radius 2 is 2.00 bits per heavy atom. The van der Waals surface area contributed by atoms with Crippen LogP contribution in [0.3, 0.4) is 0 Å². The molecule has 2 nitrogen and oxygen atoms in total. The molecule has 3 heteroatoms. The van der Waals surface area contributed by atoms with Gasteiger partial charge >= 0.3 is 0 Å². The van der Waals surface area contributed by atoms with E-state index in [1.165, 1.54) is 5.56 Å². The quantitative estimate of drug-likeness (QED) is 0.925. The number of nitrogens with two attached hydrogens (primary N) is 1. The second kappa shape index (κ2) is 3.74. The van der Waals surface area contributed by atoms with Gasteiger partial charge in [-0.1, -0.05) is 19.9 Å². The van der Waals surface area contributed by atoms with Gasteiger partial charge in [0.2, 0.25) is 0 Å². The first-order valence-corrected chi connectivity index (χ1v) is 6.33. The van der Waals surface area contributed by atoms with Crippen LogP contribution in [0.5, 0.6) is 5.75 Å². The van der Waals surface area contributed by atoms with Gasteiger partial charge in [0.15, 0.2) is 0 Å². The van der Waals surface area contributed by atoms with Gasteiger partial charge in [-0.2, -0.15) is 0 Å². The van der Waals surface area contributed by atoms with E-state index in [4.69, 9.17) is 10.5 Å². The van der Waals surface area contributed by atoms with Gasteiger partial charge in [-0.25, -0.2) is 0 Å². The molecule has 0 aliphatic heterocycles. The zero-order chi connectivity index (χ0) is 12.0. The molecule has 0 heterocycles. The van der Waals surface area contributed by atoms with Gasteiger partial charge in [-0.3, -0.25) is 0 Å². The first kappa shape index (κ1) is 11.9. The lowest BCUT2D eigenvalue weighted by Crippen LogP contribution is -2.43. The van der Waals surface area contributed by atoms with Crippen LogP contribution in [0.1, 0.15) is 32.3 Å². The maximum Gasteiger partial charge on any atom is 0.133 e. The molecule has 2 N–H and O–H groups in total. The molecular weight excluding hydrogens is 266 g/mol. The molecule has 1 saturated carbocycles. The maximum absolute atomic E-state index is 6.33. The highest BCUT2D eigenvalue weighted by Crippen LogP contribution is 2.49. The molecule has 1 aliphatic rings. The van der Waals surface area contributed by atoms with Crippen LogP contribution in [0.25, 0.3) is 0 Å². The minimum Gasteiger partial charge on any atom is -0.496 e. The van der Waals surface area contributed by atoms with Crippen molar-refractivity contribution in [3.8, 4) is 5.75 Å². The lowest BCUT2D eigenvalue weighted by atomic mass is 9.76. The lowest BCUT2D eigenvalue weighted by molar-refractivity contribution is 0.382. The molecule has 16 heavy (non-hydrogen) atoms. The average Bonchev–Trinajstić information content (AvgIpc) is 2.98. The molecule has 0 saturated heterocycles. The summed E-state index contributed by atoms with van der Waals surface area (Å²) in [6.45, 7) is 4.42. The number of methoxy groups -OCH3 is 1. The SMILES string of the molecule is COc1cc(C(C)(C)C2(N)CC2)ccc1Br. The highest BCUT2D eigenvalue weighted by molar-refractivity contribution is 9.10.